The van der Waals surface area contributed by atoms with Gasteiger partial charge in [-0.2, -0.15) is 0 Å². The second-order valence-electron chi connectivity index (χ2n) is 3.76. The number of hydrogen-bond donors (Lipinski definition) is 1. The Hall–Kier alpha value is -2.14. The van der Waals surface area contributed by atoms with Gasteiger partial charge in [-0.15, -0.1) is 0 Å². The molecule has 19 heavy (non-hydrogen) atoms. The first-order valence-electron chi connectivity index (χ1n) is 5.32. The van der Waals surface area contributed by atoms with Gasteiger partial charge in [-0.3, -0.25) is 4.79 Å². The molecule has 4 nitrogen and oxygen atoms in total. The van der Waals surface area contributed by atoms with E-state index in [1.165, 1.54) is 31.5 Å². The van der Waals surface area contributed by atoms with Gasteiger partial charge in [-0.05, 0) is 24.3 Å². The summed E-state index contributed by atoms with van der Waals surface area (Å²) in [5.74, 6) is -0.890. The number of pyridine rings is 1. The van der Waals surface area contributed by atoms with Gasteiger partial charge in [0.25, 0.3) is 0 Å². The Kier molecular flexibility index (Phi) is 3.66. The number of anilines is 1. The van der Waals surface area contributed by atoms with Gasteiger partial charge in [0.2, 0.25) is 0 Å². The van der Waals surface area contributed by atoms with Crippen molar-refractivity contribution in [2.45, 2.75) is 0 Å². The summed E-state index contributed by atoms with van der Waals surface area (Å²) < 4.78 is 18.1. The highest BCUT2D eigenvalue weighted by molar-refractivity contribution is 6.31. The zero-order valence-electron chi connectivity index (χ0n) is 9.98. The average Bonchev–Trinajstić information content (AvgIpc) is 2.41. The lowest BCUT2D eigenvalue weighted by Gasteiger charge is -2.07. The van der Waals surface area contributed by atoms with Crippen LogP contribution >= 0.6 is 11.6 Å². The van der Waals surface area contributed by atoms with E-state index in [9.17, 15) is 9.18 Å². The number of nitrogens with two attached hydrogens (primary N) is 1. The van der Waals surface area contributed by atoms with E-state index in [2.05, 4.69) is 4.98 Å². The third-order valence-electron chi connectivity index (χ3n) is 2.54. The van der Waals surface area contributed by atoms with Crippen LogP contribution in [0, 0.1) is 5.82 Å². The molecular weight excluding hydrogens is 271 g/mol. The van der Waals surface area contributed by atoms with Crippen molar-refractivity contribution in [3.63, 3.8) is 0 Å². The zero-order chi connectivity index (χ0) is 14.0. The predicted molar refractivity (Wildman–Crippen MR) is 70.0 cm³/mol. The number of nitrogen functional groups attached to an aromatic ring is 1. The molecule has 0 spiro atoms. The number of halogens is 2. The van der Waals surface area contributed by atoms with Crippen molar-refractivity contribution in [1.29, 1.82) is 0 Å². The molecule has 0 fully saturated rings. The maximum absolute atomic E-state index is 13.3. The number of hydrogen-bond acceptors (Lipinski definition) is 4. The van der Waals surface area contributed by atoms with Gasteiger partial charge in [0, 0.05) is 11.8 Å². The fourth-order valence-electron chi connectivity index (χ4n) is 1.59. The molecule has 0 atom stereocenters. The van der Waals surface area contributed by atoms with Crippen LogP contribution in [0.15, 0.2) is 30.5 Å². The first-order chi connectivity index (χ1) is 9.02. The molecule has 1 aromatic carbocycles. The van der Waals surface area contributed by atoms with Gasteiger partial charge in [0.15, 0.2) is 17.3 Å². The molecule has 2 rings (SSSR count). The third-order valence-corrected chi connectivity index (χ3v) is 2.75. The molecule has 0 bridgehead atoms. The van der Waals surface area contributed by atoms with Crippen LogP contribution in [-0.4, -0.2) is 17.9 Å². The SMILES string of the molecule is COc1cc(C(=O)c2cc(Cl)cnc2N)ccc1F. The minimum atomic E-state index is -0.545. The van der Waals surface area contributed by atoms with E-state index in [0.717, 1.165) is 6.07 Å². The number of methoxy groups -OCH3 is 1. The van der Waals surface area contributed by atoms with Crippen LogP contribution in [0.2, 0.25) is 5.02 Å². The van der Waals surface area contributed by atoms with Gasteiger partial charge >= 0.3 is 0 Å². The number of rotatable bonds is 3. The topological polar surface area (TPSA) is 65.2 Å². The molecule has 0 unspecified atom stereocenters. The molecule has 0 radical (unpaired) electrons. The molecule has 2 N–H and O–H groups in total. The molecule has 0 aliphatic heterocycles. The normalized spacial score (nSPS) is 10.3. The second kappa shape index (κ2) is 5.24. The summed E-state index contributed by atoms with van der Waals surface area (Å²) in [7, 11) is 1.32. The summed E-state index contributed by atoms with van der Waals surface area (Å²) in [4.78, 5) is 16.0. The number of carbonyl (C=O) groups is 1. The molecule has 0 saturated heterocycles. The van der Waals surface area contributed by atoms with E-state index in [4.69, 9.17) is 22.1 Å². The van der Waals surface area contributed by atoms with Crippen molar-refractivity contribution < 1.29 is 13.9 Å². The van der Waals surface area contributed by atoms with Crippen molar-refractivity contribution in [1.82, 2.24) is 4.98 Å². The molecule has 98 valence electrons. The quantitative estimate of drug-likeness (QED) is 0.878. The summed E-state index contributed by atoms with van der Waals surface area (Å²) >= 11 is 5.78. The van der Waals surface area contributed by atoms with Crippen LogP contribution in [0.3, 0.4) is 0 Å². The van der Waals surface area contributed by atoms with Gasteiger partial charge in [-0.1, -0.05) is 11.6 Å². The van der Waals surface area contributed by atoms with Gasteiger partial charge < -0.3 is 10.5 Å². The van der Waals surface area contributed by atoms with Crippen molar-refractivity contribution in [2.24, 2.45) is 0 Å². The number of aromatic nitrogens is 1. The van der Waals surface area contributed by atoms with Crippen molar-refractivity contribution in [3.05, 3.63) is 52.4 Å². The summed E-state index contributed by atoms with van der Waals surface area (Å²) in [6, 6.07) is 5.22. The Labute approximate surface area is 114 Å². The summed E-state index contributed by atoms with van der Waals surface area (Å²) in [5, 5.41) is 0.298. The Morgan fingerprint density at radius 1 is 1.42 bits per heavy atom. The number of carbonyl (C=O) groups excluding carboxylic acids is 1. The Balaban J connectivity index is 2.47. The van der Waals surface area contributed by atoms with E-state index in [1.54, 1.807) is 0 Å². The molecule has 0 saturated carbocycles. The summed E-state index contributed by atoms with van der Waals surface area (Å²) in [6.07, 6.45) is 1.35. The van der Waals surface area contributed by atoms with Crippen LogP contribution in [0.4, 0.5) is 10.2 Å². The number of ether oxygens (including phenoxy) is 1. The highest BCUT2D eigenvalue weighted by atomic mass is 35.5. The third kappa shape index (κ3) is 2.66. The highest BCUT2D eigenvalue weighted by Crippen LogP contribution is 2.23. The fraction of sp³-hybridized carbons (Fsp3) is 0.0769. The maximum atomic E-state index is 13.3. The van der Waals surface area contributed by atoms with Gasteiger partial charge in [-0.25, -0.2) is 9.37 Å². The van der Waals surface area contributed by atoms with Crippen LogP contribution < -0.4 is 10.5 Å². The standard InChI is InChI=1S/C13H10ClFN2O2/c1-19-11-4-7(2-3-10(11)15)12(18)9-5-8(14)6-17-13(9)16/h2-6H,1H3,(H2,16,17). The first-order valence-corrected chi connectivity index (χ1v) is 5.70. The maximum Gasteiger partial charge on any atom is 0.196 e. The number of benzene rings is 1. The average molecular weight is 281 g/mol. The lowest BCUT2D eigenvalue weighted by atomic mass is 10.0. The molecule has 1 heterocycles. The lowest BCUT2D eigenvalue weighted by Crippen LogP contribution is -2.07. The molecule has 6 heteroatoms. The Morgan fingerprint density at radius 2 is 2.16 bits per heavy atom. The van der Waals surface area contributed by atoms with E-state index in [0.29, 0.717) is 5.02 Å². The monoisotopic (exact) mass is 280 g/mol. The van der Waals surface area contributed by atoms with Crippen molar-refractivity contribution in [2.75, 3.05) is 12.8 Å². The molecule has 0 aliphatic rings. The predicted octanol–water partition coefficient (Wildman–Crippen LogP) is 2.70. The van der Waals surface area contributed by atoms with Crippen LogP contribution in [0.1, 0.15) is 15.9 Å². The van der Waals surface area contributed by atoms with Crippen LogP contribution in [0.5, 0.6) is 5.75 Å². The molecule has 2 aromatic rings. The minimum Gasteiger partial charge on any atom is -0.494 e. The first kappa shape index (κ1) is 13.3. The molecule has 0 aliphatic carbocycles. The van der Waals surface area contributed by atoms with E-state index < -0.39 is 11.6 Å². The minimum absolute atomic E-state index is 0.0144. The number of nitrogens with zero attached hydrogens (tertiary/aromatic N) is 1. The van der Waals surface area contributed by atoms with Crippen molar-refractivity contribution in [3.8, 4) is 5.75 Å². The summed E-state index contributed by atoms with van der Waals surface area (Å²) in [5.41, 5.74) is 6.04. The van der Waals surface area contributed by atoms with Gasteiger partial charge in [0.1, 0.15) is 5.82 Å². The summed E-state index contributed by atoms with van der Waals surface area (Å²) in [6.45, 7) is 0. The Bertz CT molecular complexity index is 647. The van der Waals surface area contributed by atoms with Gasteiger partial charge in [0.05, 0.1) is 17.7 Å². The van der Waals surface area contributed by atoms with Crippen molar-refractivity contribution >= 4 is 23.2 Å². The Morgan fingerprint density at radius 3 is 2.84 bits per heavy atom. The van der Waals surface area contributed by atoms with E-state index >= 15 is 0 Å². The highest BCUT2D eigenvalue weighted by Gasteiger charge is 2.16. The number of ketones is 1. The second-order valence-corrected chi connectivity index (χ2v) is 4.20. The van der Waals surface area contributed by atoms with E-state index in [-0.39, 0.29) is 22.7 Å². The smallest absolute Gasteiger partial charge is 0.196 e. The largest absolute Gasteiger partial charge is 0.494 e. The molecule has 0 amide bonds. The molecular formula is C13H10ClFN2O2. The van der Waals surface area contributed by atoms with E-state index in [1.807, 2.05) is 0 Å². The zero-order valence-corrected chi connectivity index (χ0v) is 10.7. The lowest BCUT2D eigenvalue weighted by molar-refractivity contribution is 0.103. The molecule has 1 aromatic heterocycles. The van der Waals surface area contributed by atoms with Crippen LogP contribution in [-0.2, 0) is 0 Å². The van der Waals surface area contributed by atoms with Crippen LogP contribution in [0.25, 0.3) is 0 Å². The fourth-order valence-corrected chi connectivity index (χ4v) is 1.75.